The minimum Gasteiger partial charge on any atom is -0.319 e. The summed E-state index contributed by atoms with van der Waals surface area (Å²) in [5.74, 6) is -0.528. The first-order valence-corrected chi connectivity index (χ1v) is 9.85. The van der Waals surface area contributed by atoms with Gasteiger partial charge in [-0.25, -0.2) is 9.07 Å². The van der Waals surface area contributed by atoms with Crippen LogP contribution in [0.15, 0.2) is 59.4 Å². The van der Waals surface area contributed by atoms with E-state index in [1.165, 1.54) is 12.1 Å². The molecule has 1 aliphatic carbocycles. The molecule has 29 heavy (non-hydrogen) atoms. The van der Waals surface area contributed by atoms with E-state index in [9.17, 15) is 14.0 Å². The van der Waals surface area contributed by atoms with Gasteiger partial charge in [-0.15, -0.1) is 0 Å². The highest BCUT2D eigenvalue weighted by Crippen LogP contribution is 2.42. The first kappa shape index (κ1) is 19.2. The Labute approximate surface area is 168 Å². The van der Waals surface area contributed by atoms with Crippen molar-refractivity contribution in [1.82, 2.24) is 9.36 Å². The first-order chi connectivity index (χ1) is 13.9. The van der Waals surface area contributed by atoms with Crippen LogP contribution in [0.3, 0.4) is 0 Å². The van der Waals surface area contributed by atoms with Crippen LogP contribution in [0.2, 0.25) is 0 Å². The Kier molecular flexibility index (Phi) is 4.86. The lowest BCUT2D eigenvalue weighted by Gasteiger charge is -2.28. The molecule has 0 aliphatic heterocycles. The van der Waals surface area contributed by atoms with Gasteiger partial charge < -0.3 is 5.32 Å². The topological polar surface area (TPSA) is 56.0 Å². The fourth-order valence-electron chi connectivity index (χ4n) is 4.34. The minimum atomic E-state index is -0.736. The first-order valence-electron chi connectivity index (χ1n) is 9.85. The number of halogens is 1. The number of benzene rings is 2. The molecule has 2 aromatic carbocycles. The molecule has 3 aromatic rings. The second-order valence-electron chi connectivity index (χ2n) is 7.69. The van der Waals surface area contributed by atoms with Crippen molar-refractivity contribution in [2.45, 2.75) is 38.0 Å². The second-order valence-corrected chi connectivity index (χ2v) is 7.69. The van der Waals surface area contributed by atoms with Gasteiger partial charge in [0, 0.05) is 7.05 Å². The highest BCUT2D eigenvalue weighted by Gasteiger charge is 2.43. The Morgan fingerprint density at radius 3 is 2.28 bits per heavy atom. The molecular formula is C23H24FN3O2. The second kappa shape index (κ2) is 7.35. The number of hydrogen-bond donors (Lipinski definition) is 1. The van der Waals surface area contributed by atoms with Gasteiger partial charge in [0.1, 0.15) is 11.5 Å². The van der Waals surface area contributed by atoms with Crippen LogP contribution < -0.4 is 10.9 Å². The Hall–Kier alpha value is -3.15. The summed E-state index contributed by atoms with van der Waals surface area (Å²) >= 11 is 0. The number of carbonyl (C=O) groups is 1. The van der Waals surface area contributed by atoms with Crippen molar-refractivity contribution in [1.29, 1.82) is 0 Å². The van der Waals surface area contributed by atoms with Gasteiger partial charge in [0.2, 0.25) is 5.91 Å². The third-order valence-electron chi connectivity index (χ3n) is 6.08. The van der Waals surface area contributed by atoms with Crippen LogP contribution in [0.5, 0.6) is 0 Å². The number of amides is 1. The summed E-state index contributed by atoms with van der Waals surface area (Å²) in [6, 6.07) is 15.5. The van der Waals surface area contributed by atoms with Crippen LogP contribution in [-0.4, -0.2) is 15.3 Å². The summed E-state index contributed by atoms with van der Waals surface area (Å²) in [5, 5.41) is 2.92. The molecule has 0 saturated heterocycles. The van der Waals surface area contributed by atoms with E-state index < -0.39 is 5.41 Å². The number of hydrogen-bond acceptors (Lipinski definition) is 2. The maximum atomic E-state index is 13.4. The number of rotatable bonds is 4. The van der Waals surface area contributed by atoms with Crippen molar-refractivity contribution in [3.05, 3.63) is 82.0 Å². The van der Waals surface area contributed by atoms with E-state index in [-0.39, 0.29) is 23.0 Å². The van der Waals surface area contributed by atoms with Crippen molar-refractivity contribution < 1.29 is 9.18 Å². The summed E-state index contributed by atoms with van der Waals surface area (Å²) in [5.41, 5.74) is 1.49. The van der Waals surface area contributed by atoms with E-state index >= 15 is 0 Å². The zero-order valence-corrected chi connectivity index (χ0v) is 16.6. The molecule has 1 saturated carbocycles. The van der Waals surface area contributed by atoms with Gasteiger partial charge in [0.15, 0.2) is 0 Å². The Morgan fingerprint density at radius 1 is 1.03 bits per heavy atom. The van der Waals surface area contributed by atoms with Crippen LogP contribution in [0, 0.1) is 12.7 Å². The average Bonchev–Trinajstić information content (AvgIpc) is 3.30. The number of nitrogens with one attached hydrogen (secondary N) is 1. The van der Waals surface area contributed by atoms with E-state index in [1.807, 2.05) is 37.3 Å². The standard InChI is InChI=1S/C23H24FN3O2/c1-16-20(21(28)27(26(16)2)19-8-4-3-5-9-19)25-22(29)23(14-6-7-15-23)17-10-12-18(24)13-11-17/h3-5,8-13H,6-7,14-15H2,1-2H3,(H,25,29). The Balaban J connectivity index is 1.73. The summed E-state index contributed by atoms with van der Waals surface area (Å²) in [4.78, 5) is 26.5. The summed E-state index contributed by atoms with van der Waals surface area (Å²) in [7, 11) is 1.80. The van der Waals surface area contributed by atoms with Crippen LogP contribution >= 0.6 is 0 Å². The van der Waals surface area contributed by atoms with Gasteiger partial charge in [-0.3, -0.25) is 14.3 Å². The van der Waals surface area contributed by atoms with Gasteiger partial charge in [-0.2, -0.15) is 0 Å². The highest BCUT2D eigenvalue weighted by atomic mass is 19.1. The molecule has 0 radical (unpaired) electrons. The number of carbonyl (C=O) groups excluding carboxylic acids is 1. The van der Waals surface area contributed by atoms with Gasteiger partial charge >= 0.3 is 0 Å². The summed E-state index contributed by atoms with van der Waals surface area (Å²) < 4.78 is 16.7. The number of aromatic nitrogens is 2. The van der Waals surface area contributed by atoms with Crippen LogP contribution in [-0.2, 0) is 17.3 Å². The molecule has 4 rings (SSSR count). The average molecular weight is 393 g/mol. The number of nitrogens with zero attached hydrogens (tertiary/aromatic N) is 2. The quantitative estimate of drug-likeness (QED) is 0.726. The van der Waals surface area contributed by atoms with E-state index in [2.05, 4.69) is 5.32 Å². The van der Waals surface area contributed by atoms with Gasteiger partial charge in [-0.1, -0.05) is 43.2 Å². The summed E-state index contributed by atoms with van der Waals surface area (Å²) in [6.07, 6.45) is 3.21. The van der Waals surface area contributed by atoms with Crippen molar-refractivity contribution in [2.24, 2.45) is 7.05 Å². The number of anilines is 1. The smallest absolute Gasteiger partial charge is 0.295 e. The SMILES string of the molecule is Cc1c(NC(=O)C2(c3ccc(F)cc3)CCCC2)c(=O)n(-c2ccccc2)n1C. The van der Waals surface area contributed by atoms with E-state index in [0.717, 1.165) is 24.1 Å². The van der Waals surface area contributed by atoms with Gasteiger partial charge in [-0.05, 0) is 49.6 Å². The van der Waals surface area contributed by atoms with E-state index in [1.54, 1.807) is 28.5 Å². The Bertz CT molecular complexity index is 1090. The maximum Gasteiger partial charge on any atom is 0.295 e. The third-order valence-corrected chi connectivity index (χ3v) is 6.08. The van der Waals surface area contributed by atoms with Gasteiger partial charge in [0.25, 0.3) is 5.56 Å². The molecule has 5 nitrogen and oxygen atoms in total. The highest BCUT2D eigenvalue weighted by molar-refractivity contribution is 5.99. The zero-order chi connectivity index (χ0) is 20.6. The van der Waals surface area contributed by atoms with E-state index in [0.29, 0.717) is 18.5 Å². The molecule has 6 heteroatoms. The van der Waals surface area contributed by atoms with E-state index in [4.69, 9.17) is 0 Å². The number of para-hydroxylation sites is 1. The fraction of sp³-hybridized carbons (Fsp3) is 0.304. The fourth-order valence-corrected chi connectivity index (χ4v) is 4.34. The summed E-state index contributed by atoms with van der Waals surface area (Å²) in [6.45, 7) is 1.82. The predicted octanol–water partition coefficient (Wildman–Crippen LogP) is 4.07. The molecule has 1 fully saturated rings. The third kappa shape index (κ3) is 3.18. The molecule has 0 unspecified atom stereocenters. The maximum absolute atomic E-state index is 13.4. The molecule has 0 spiro atoms. The predicted molar refractivity (Wildman–Crippen MR) is 111 cm³/mol. The van der Waals surface area contributed by atoms with Crippen LogP contribution in [0.25, 0.3) is 5.69 Å². The lowest BCUT2D eigenvalue weighted by Crippen LogP contribution is -2.39. The Morgan fingerprint density at radius 2 is 1.66 bits per heavy atom. The molecule has 1 N–H and O–H groups in total. The molecule has 1 aliphatic rings. The van der Waals surface area contributed by atoms with Crippen molar-refractivity contribution in [3.63, 3.8) is 0 Å². The molecule has 0 atom stereocenters. The lowest BCUT2D eigenvalue weighted by atomic mass is 9.78. The molecule has 1 aromatic heterocycles. The monoisotopic (exact) mass is 393 g/mol. The molecule has 150 valence electrons. The van der Waals surface area contributed by atoms with Crippen LogP contribution in [0.1, 0.15) is 36.9 Å². The normalized spacial score (nSPS) is 15.4. The van der Waals surface area contributed by atoms with Crippen molar-refractivity contribution in [2.75, 3.05) is 5.32 Å². The van der Waals surface area contributed by atoms with Crippen LogP contribution in [0.4, 0.5) is 10.1 Å². The zero-order valence-electron chi connectivity index (χ0n) is 16.6. The largest absolute Gasteiger partial charge is 0.319 e. The lowest BCUT2D eigenvalue weighted by molar-refractivity contribution is -0.121. The molecule has 1 amide bonds. The molecule has 1 heterocycles. The minimum absolute atomic E-state index is 0.201. The van der Waals surface area contributed by atoms with Gasteiger partial charge in [0.05, 0.1) is 16.8 Å². The molecular weight excluding hydrogens is 369 g/mol. The van der Waals surface area contributed by atoms with Crippen molar-refractivity contribution >= 4 is 11.6 Å². The molecule has 0 bridgehead atoms. The van der Waals surface area contributed by atoms with Crippen molar-refractivity contribution in [3.8, 4) is 5.69 Å².